The molecule has 3 rings (SSSR count). The van der Waals surface area contributed by atoms with Gasteiger partial charge in [-0.2, -0.15) is 13.2 Å². The van der Waals surface area contributed by atoms with Gasteiger partial charge in [-0.15, -0.1) is 0 Å². The summed E-state index contributed by atoms with van der Waals surface area (Å²) in [4.78, 5) is 12.4. The van der Waals surface area contributed by atoms with Gasteiger partial charge in [0.2, 0.25) is 0 Å². The molecule has 0 aliphatic carbocycles. The summed E-state index contributed by atoms with van der Waals surface area (Å²) >= 11 is 0. The molecule has 1 atom stereocenters. The van der Waals surface area contributed by atoms with Crippen LogP contribution in [0.1, 0.15) is 29.3 Å². The van der Waals surface area contributed by atoms with Crippen LogP contribution < -0.4 is 5.32 Å². The van der Waals surface area contributed by atoms with Crippen LogP contribution in [-0.2, 0) is 6.18 Å². The summed E-state index contributed by atoms with van der Waals surface area (Å²) in [5, 5.41) is 13.4. The van der Waals surface area contributed by atoms with Crippen molar-refractivity contribution in [2.75, 3.05) is 6.61 Å². The summed E-state index contributed by atoms with van der Waals surface area (Å²) < 4.78 is 38.3. The van der Waals surface area contributed by atoms with Crippen LogP contribution in [0.4, 0.5) is 13.2 Å². The minimum Gasteiger partial charge on any atom is -0.396 e. The molecule has 0 unspecified atom stereocenters. The molecule has 0 aromatic heterocycles. The lowest BCUT2D eigenvalue weighted by Crippen LogP contribution is -2.33. The third kappa shape index (κ3) is 4.34. The Bertz CT molecular complexity index is 981. The molecular weight excluding hydrogens is 367 g/mol. The SMILES string of the molecule is C[C@H](CCO)NC(=O)c1ccc2c(-c3ccc(C(F)(F)F)cc3)cccc2c1. The molecule has 0 spiro atoms. The lowest BCUT2D eigenvalue weighted by atomic mass is 9.96. The van der Waals surface area contributed by atoms with E-state index in [0.717, 1.165) is 28.5 Å². The molecule has 3 aromatic carbocycles. The van der Waals surface area contributed by atoms with Gasteiger partial charge in [0.15, 0.2) is 0 Å². The van der Waals surface area contributed by atoms with Gasteiger partial charge < -0.3 is 10.4 Å². The van der Waals surface area contributed by atoms with Gasteiger partial charge in [-0.05, 0) is 59.5 Å². The predicted octanol–water partition coefficient (Wildman–Crippen LogP) is 5.03. The smallest absolute Gasteiger partial charge is 0.396 e. The Labute approximate surface area is 160 Å². The molecule has 0 heterocycles. The van der Waals surface area contributed by atoms with Crippen LogP contribution in [0.5, 0.6) is 0 Å². The van der Waals surface area contributed by atoms with E-state index in [2.05, 4.69) is 5.32 Å². The largest absolute Gasteiger partial charge is 0.416 e. The van der Waals surface area contributed by atoms with E-state index < -0.39 is 11.7 Å². The van der Waals surface area contributed by atoms with Crippen molar-refractivity contribution in [3.8, 4) is 11.1 Å². The van der Waals surface area contributed by atoms with E-state index in [-0.39, 0.29) is 18.6 Å². The van der Waals surface area contributed by atoms with Crippen LogP contribution in [0.15, 0.2) is 60.7 Å². The zero-order valence-corrected chi connectivity index (χ0v) is 15.3. The van der Waals surface area contributed by atoms with E-state index >= 15 is 0 Å². The Balaban J connectivity index is 1.93. The third-order valence-electron chi connectivity index (χ3n) is 4.61. The fourth-order valence-corrected chi connectivity index (χ4v) is 3.09. The average molecular weight is 387 g/mol. The van der Waals surface area contributed by atoms with Crippen molar-refractivity contribution < 1.29 is 23.1 Å². The molecule has 0 bridgehead atoms. The van der Waals surface area contributed by atoms with Crippen molar-refractivity contribution in [3.63, 3.8) is 0 Å². The maximum atomic E-state index is 12.8. The first kappa shape index (κ1) is 19.9. The molecule has 146 valence electrons. The van der Waals surface area contributed by atoms with E-state index in [9.17, 15) is 18.0 Å². The van der Waals surface area contributed by atoms with Crippen molar-refractivity contribution in [2.45, 2.75) is 25.6 Å². The third-order valence-corrected chi connectivity index (χ3v) is 4.61. The number of fused-ring (bicyclic) bond motifs is 1. The Kier molecular flexibility index (Phi) is 5.70. The number of nitrogens with one attached hydrogen (secondary N) is 1. The zero-order valence-electron chi connectivity index (χ0n) is 15.3. The van der Waals surface area contributed by atoms with Crippen molar-refractivity contribution >= 4 is 16.7 Å². The van der Waals surface area contributed by atoms with Gasteiger partial charge in [0.1, 0.15) is 0 Å². The summed E-state index contributed by atoms with van der Waals surface area (Å²) in [5.74, 6) is -0.234. The Morgan fingerprint density at radius 3 is 2.43 bits per heavy atom. The lowest BCUT2D eigenvalue weighted by Gasteiger charge is -2.14. The molecule has 3 aromatic rings. The number of alkyl halides is 3. The highest BCUT2D eigenvalue weighted by molar-refractivity contribution is 6.02. The van der Waals surface area contributed by atoms with E-state index in [1.165, 1.54) is 12.1 Å². The molecule has 0 saturated carbocycles. The number of hydrogen-bond donors (Lipinski definition) is 2. The summed E-state index contributed by atoms with van der Waals surface area (Å²) in [6.07, 6.45) is -3.90. The van der Waals surface area contributed by atoms with Gasteiger partial charge in [-0.3, -0.25) is 4.79 Å². The van der Waals surface area contributed by atoms with E-state index in [4.69, 9.17) is 5.11 Å². The molecule has 0 aliphatic rings. The van der Waals surface area contributed by atoms with E-state index in [0.29, 0.717) is 17.5 Å². The topological polar surface area (TPSA) is 49.3 Å². The molecule has 6 heteroatoms. The maximum Gasteiger partial charge on any atom is 0.416 e. The quantitative estimate of drug-likeness (QED) is 0.645. The highest BCUT2D eigenvalue weighted by Gasteiger charge is 2.30. The normalized spacial score (nSPS) is 12.8. The minimum absolute atomic E-state index is 0.00431. The number of aliphatic hydroxyl groups excluding tert-OH is 1. The van der Waals surface area contributed by atoms with Gasteiger partial charge in [0.05, 0.1) is 5.56 Å². The second-order valence-electron chi connectivity index (χ2n) is 6.70. The van der Waals surface area contributed by atoms with Gasteiger partial charge in [0.25, 0.3) is 5.91 Å². The minimum atomic E-state index is -4.37. The first-order valence-corrected chi connectivity index (χ1v) is 8.91. The van der Waals surface area contributed by atoms with Crippen molar-refractivity contribution in [1.82, 2.24) is 5.32 Å². The van der Waals surface area contributed by atoms with Crippen LogP contribution in [-0.4, -0.2) is 23.7 Å². The number of carbonyl (C=O) groups excluding carboxylic acids is 1. The van der Waals surface area contributed by atoms with Crippen LogP contribution in [0.3, 0.4) is 0 Å². The zero-order chi connectivity index (χ0) is 20.3. The number of carbonyl (C=O) groups is 1. The molecule has 3 nitrogen and oxygen atoms in total. The highest BCUT2D eigenvalue weighted by atomic mass is 19.4. The van der Waals surface area contributed by atoms with E-state index in [1.807, 2.05) is 25.1 Å². The summed E-state index contributed by atoms with van der Waals surface area (Å²) in [6, 6.07) is 15.7. The lowest BCUT2D eigenvalue weighted by molar-refractivity contribution is -0.137. The van der Waals surface area contributed by atoms with Crippen LogP contribution in [0.25, 0.3) is 21.9 Å². The molecule has 28 heavy (non-hydrogen) atoms. The maximum absolute atomic E-state index is 12.8. The molecule has 1 amide bonds. The fourth-order valence-electron chi connectivity index (χ4n) is 3.09. The first-order chi connectivity index (χ1) is 13.3. The Hall–Kier alpha value is -2.86. The second kappa shape index (κ2) is 8.02. The highest BCUT2D eigenvalue weighted by Crippen LogP contribution is 2.33. The van der Waals surface area contributed by atoms with Crippen molar-refractivity contribution in [2.24, 2.45) is 0 Å². The van der Waals surface area contributed by atoms with Crippen molar-refractivity contribution in [3.05, 3.63) is 71.8 Å². The number of aliphatic hydroxyl groups is 1. The van der Waals surface area contributed by atoms with Gasteiger partial charge in [0, 0.05) is 18.2 Å². The molecule has 0 aliphatic heterocycles. The number of halogens is 3. The summed E-state index contributed by atoms with van der Waals surface area (Å²) in [7, 11) is 0. The number of rotatable bonds is 5. The molecule has 0 fully saturated rings. The monoisotopic (exact) mass is 387 g/mol. The van der Waals surface area contributed by atoms with Gasteiger partial charge >= 0.3 is 6.18 Å². The number of benzene rings is 3. The average Bonchev–Trinajstić information content (AvgIpc) is 2.66. The summed E-state index contributed by atoms with van der Waals surface area (Å²) in [6.45, 7) is 1.81. The Morgan fingerprint density at radius 1 is 1.07 bits per heavy atom. The molecule has 2 N–H and O–H groups in total. The van der Waals surface area contributed by atoms with E-state index in [1.54, 1.807) is 18.2 Å². The Morgan fingerprint density at radius 2 is 1.79 bits per heavy atom. The second-order valence-corrected chi connectivity index (χ2v) is 6.70. The standard InChI is InChI=1S/C22H20F3NO2/c1-14(11-12-27)26-21(28)17-7-10-20-16(13-17)3-2-4-19(20)15-5-8-18(9-6-15)22(23,24)25/h2-10,13-14,27H,11-12H2,1H3,(H,26,28)/t14-/m1/s1. The molecule has 0 saturated heterocycles. The van der Waals surface area contributed by atoms with Gasteiger partial charge in [-0.1, -0.05) is 36.4 Å². The summed E-state index contributed by atoms with van der Waals surface area (Å²) in [5.41, 5.74) is 1.27. The van der Waals surface area contributed by atoms with Crippen LogP contribution in [0.2, 0.25) is 0 Å². The number of hydrogen-bond acceptors (Lipinski definition) is 2. The van der Waals surface area contributed by atoms with Crippen molar-refractivity contribution in [1.29, 1.82) is 0 Å². The number of amides is 1. The molecule has 0 radical (unpaired) electrons. The van der Waals surface area contributed by atoms with Gasteiger partial charge in [-0.25, -0.2) is 0 Å². The first-order valence-electron chi connectivity index (χ1n) is 8.91. The fraction of sp³-hybridized carbons (Fsp3) is 0.227. The van der Waals surface area contributed by atoms with Crippen LogP contribution >= 0.6 is 0 Å². The predicted molar refractivity (Wildman–Crippen MR) is 103 cm³/mol. The molecular formula is C22H20F3NO2. The van der Waals surface area contributed by atoms with Crippen LogP contribution in [0, 0.1) is 0 Å².